The number of aldehydes is 1. The van der Waals surface area contributed by atoms with Gasteiger partial charge in [0.15, 0.2) is 4.90 Å². The van der Waals surface area contributed by atoms with E-state index < -0.39 is 20.4 Å². The Morgan fingerprint density at radius 3 is 2.39 bits per heavy atom. The van der Waals surface area contributed by atoms with Crippen LogP contribution in [-0.2, 0) is 9.84 Å². The summed E-state index contributed by atoms with van der Waals surface area (Å²) in [6.45, 7) is 1.68. The topological polar surface area (TPSA) is 81.4 Å². The van der Waals surface area contributed by atoms with Gasteiger partial charge in [-0.1, -0.05) is 18.2 Å². The SMILES string of the molecule is Cc1cc(C=O)cc2cc(S(=O)(=O)c3ccccc3)c(=O)oc12. The minimum absolute atomic E-state index is 0.00918. The number of hydrogen-bond donors (Lipinski definition) is 0. The molecular formula is C17H12O5S. The van der Waals surface area contributed by atoms with Gasteiger partial charge in [-0.25, -0.2) is 13.2 Å². The molecule has 1 heterocycles. The predicted molar refractivity (Wildman–Crippen MR) is 84.5 cm³/mol. The molecule has 0 spiro atoms. The third-order valence-corrected chi connectivity index (χ3v) is 5.24. The van der Waals surface area contributed by atoms with Crippen LogP contribution in [0.4, 0.5) is 0 Å². The second-order valence-electron chi connectivity index (χ2n) is 5.09. The summed E-state index contributed by atoms with van der Waals surface area (Å²) in [6, 6.07) is 12.0. The zero-order valence-corrected chi connectivity index (χ0v) is 13.0. The first-order valence-electron chi connectivity index (χ1n) is 6.77. The molecule has 0 fully saturated rings. The van der Waals surface area contributed by atoms with Crippen LogP contribution < -0.4 is 5.63 Å². The summed E-state index contributed by atoms with van der Waals surface area (Å²) >= 11 is 0. The van der Waals surface area contributed by atoms with E-state index in [-0.39, 0.29) is 10.5 Å². The largest absolute Gasteiger partial charge is 0.421 e. The predicted octanol–water partition coefficient (Wildman–Crippen LogP) is 2.75. The molecule has 1 aromatic heterocycles. The monoisotopic (exact) mass is 328 g/mol. The summed E-state index contributed by atoms with van der Waals surface area (Å²) in [7, 11) is -3.99. The van der Waals surface area contributed by atoms with Crippen molar-refractivity contribution in [1.29, 1.82) is 0 Å². The minimum Gasteiger partial charge on any atom is -0.421 e. The molecule has 6 heteroatoms. The average molecular weight is 328 g/mol. The number of carbonyl (C=O) groups is 1. The third-order valence-electron chi connectivity index (χ3n) is 3.49. The van der Waals surface area contributed by atoms with Gasteiger partial charge in [0.25, 0.3) is 0 Å². The Bertz CT molecular complexity index is 1060. The Labute approximate surface area is 132 Å². The van der Waals surface area contributed by atoms with Crippen LogP contribution in [0.5, 0.6) is 0 Å². The summed E-state index contributed by atoms with van der Waals surface area (Å²) in [5.41, 5.74) is 0.313. The van der Waals surface area contributed by atoms with E-state index >= 15 is 0 Å². The van der Waals surface area contributed by atoms with Gasteiger partial charge in [-0.15, -0.1) is 0 Å². The van der Waals surface area contributed by atoms with Gasteiger partial charge in [-0.2, -0.15) is 0 Å². The normalized spacial score (nSPS) is 11.5. The molecule has 5 nitrogen and oxygen atoms in total. The van der Waals surface area contributed by atoms with Gasteiger partial charge in [-0.3, -0.25) is 4.79 Å². The second kappa shape index (κ2) is 5.48. The summed E-state index contributed by atoms with van der Waals surface area (Å²) in [4.78, 5) is 22.7. The number of benzene rings is 2. The summed E-state index contributed by atoms with van der Waals surface area (Å²) < 4.78 is 30.4. The molecule has 0 amide bonds. The highest BCUT2D eigenvalue weighted by molar-refractivity contribution is 7.91. The lowest BCUT2D eigenvalue weighted by molar-refractivity contribution is 0.112. The van der Waals surface area contributed by atoms with Gasteiger partial charge < -0.3 is 4.42 Å². The zero-order chi connectivity index (χ0) is 16.6. The molecule has 0 N–H and O–H groups in total. The van der Waals surface area contributed by atoms with Crippen LogP contribution >= 0.6 is 0 Å². The fourth-order valence-electron chi connectivity index (χ4n) is 2.40. The zero-order valence-electron chi connectivity index (χ0n) is 12.1. The Morgan fingerprint density at radius 1 is 1.04 bits per heavy atom. The molecule has 2 aromatic carbocycles. The van der Waals surface area contributed by atoms with Crippen LogP contribution in [0.2, 0.25) is 0 Å². The van der Waals surface area contributed by atoms with Gasteiger partial charge in [0.2, 0.25) is 9.84 Å². The van der Waals surface area contributed by atoms with Gasteiger partial charge >= 0.3 is 5.63 Å². The standard InChI is InChI=1S/C17H12O5S/c1-11-7-12(10-18)8-13-9-15(17(19)22-16(11)13)23(20,21)14-5-3-2-4-6-14/h2-10H,1H3. The van der Waals surface area contributed by atoms with Crippen molar-refractivity contribution in [1.82, 2.24) is 0 Å². The first-order valence-corrected chi connectivity index (χ1v) is 8.25. The molecule has 116 valence electrons. The van der Waals surface area contributed by atoms with E-state index in [1.54, 1.807) is 31.2 Å². The van der Waals surface area contributed by atoms with Crippen LogP contribution in [0.1, 0.15) is 15.9 Å². The van der Waals surface area contributed by atoms with Gasteiger partial charge in [0.05, 0.1) is 4.90 Å². The molecule has 0 saturated carbocycles. The smallest absolute Gasteiger partial charge is 0.355 e. The highest BCUT2D eigenvalue weighted by Crippen LogP contribution is 2.24. The van der Waals surface area contributed by atoms with Crippen molar-refractivity contribution >= 4 is 27.1 Å². The van der Waals surface area contributed by atoms with Crippen molar-refractivity contribution in [3.8, 4) is 0 Å². The summed E-state index contributed by atoms with van der Waals surface area (Å²) in [6.07, 6.45) is 0.656. The third kappa shape index (κ3) is 2.57. The van der Waals surface area contributed by atoms with E-state index in [1.165, 1.54) is 24.3 Å². The van der Waals surface area contributed by atoms with Crippen molar-refractivity contribution < 1.29 is 17.6 Å². The molecule has 0 unspecified atom stereocenters. The minimum atomic E-state index is -3.99. The second-order valence-corrected chi connectivity index (χ2v) is 7.01. The lowest BCUT2D eigenvalue weighted by Crippen LogP contribution is -2.14. The average Bonchev–Trinajstić information content (AvgIpc) is 2.55. The van der Waals surface area contributed by atoms with Crippen molar-refractivity contribution in [2.24, 2.45) is 0 Å². The van der Waals surface area contributed by atoms with Gasteiger partial charge in [-0.05, 0) is 42.8 Å². The van der Waals surface area contributed by atoms with E-state index in [4.69, 9.17) is 4.42 Å². The maximum atomic E-state index is 12.6. The van der Waals surface area contributed by atoms with E-state index in [0.29, 0.717) is 22.8 Å². The summed E-state index contributed by atoms with van der Waals surface area (Å²) in [5, 5.41) is 0.390. The molecule has 0 aliphatic carbocycles. The van der Waals surface area contributed by atoms with E-state index in [1.807, 2.05) is 0 Å². The number of fused-ring (bicyclic) bond motifs is 1. The van der Waals surface area contributed by atoms with Gasteiger partial charge in [0, 0.05) is 10.9 Å². The number of rotatable bonds is 3. The number of sulfone groups is 1. The van der Waals surface area contributed by atoms with Crippen LogP contribution in [-0.4, -0.2) is 14.7 Å². The van der Waals surface area contributed by atoms with Crippen molar-refractivity contribution in [2.45, 2.75) is 16.7 Å². The molecule has 0 aliphatic heterocycles. The highest BCUT2D eigenvalue weighted by Gasteiger charge is 2.23. The van der Waals surface area contributed by atoms with Crippen molar-refractivity contribution in [3.05, 3.63) is 70.1 Å². The Kier molecular flexibility index (Phi) is 3.61. The number of aryl methyl sites for hydroxylation is 1. The van der Waals surface area contributed by atoms with Gasteiger partial charge in [0.1, 0.15) is 11.9 Å². The molecule has 23 heavy (non-hydrogen) atoms. The molecule has 3 rings (SSSR count). The summed E-state index contributed by atoms with van der Waals surface area (Å²) in [5.74, 6) is 0. The van der Waals surface area contributed by atoms with Crippen molar-refractivity contribution in [2.75, 3.05) is 0 Å². The van der Waals surface area contributed by atoms with Crippen LogP contribution in [0.3, 0.4) is 0 Å². The lowest BCUT2D eigenvalue weighted by atomic mass is 10.1. The molecule has 0 atom stereocenters. The maximum Gasteiger partial charge on any atom is 0.355 e. The van der Waals surface area contributed by atoms with Crippen molar-refractivity contribution in [3.63, 3.8) is 0 Å². The molecule has 0 aliphatic rings. The van der Waals surface area contributed by atoms with E-state index in [0.717, 1.165) is 0 Å². The molecular weight excluding hydrogens is 316 g/mol. The fraction of sp³-hybridized carbons (Fsp3) is 0.0588. The maximum absolute atomic E-state index is 12.6. The molecule has 0 bridgehead atoms. The quantitative estimate of drug-likeness (QED) is 0.545. The first kappa shape index (κ1) is 15.2. The first-order chi connectivity index (χ1) is 10.9. The fourth-order valence-corrected chi connectivity index (χ4v) is 3.71. The van der Waals surface area contributed by atoms with E-state index in [2.05, 4.69) is 0 Å². The molecule has 0 radical (unpaired) electrons. The number of hydrogen-bond acceptors (Lipinski definition) is 5. The van der Waals surface area contributed by atoms with Crippen LogP contribution in [0, 0.1) is 6.92 Å². The van der Waals surface area contributed by atoms with Crippen LogP contribution in [0.15, 0.2) is 67.5 Å². The molecule has 3 aromatic rings. The Morgan fingerprint density at radius 2 is 1.74 bits per heavy atom. The lowest BCUT2D eigenvalue weighted by Gasteiger charge is -2.06. The highest BCUT2D eigenvalue weighted by atomic mass is 32.2. The van der Waals surface area contributed by atoms with E-state index in [9.17, 15) is 18.0 Å². The van der Waals surface area contributed by atoms with Crippen LogP contribution in [0.25, 0.3) is 11.0 Å². The number of carbonyl (C=O) groups excluding carboxylic acids is 1. The molecule has 0 saturated heterocycles. The Hall–Kier alpha value is -2.73. The Balaban J connectivity index is 2.33.